The molecular weight excluding hydrogens is 357 g/mol. The molecule has 0 aromatic heterocycles. The van der Waals surface area contributed by atoms with Gasteiger partial charge in [-0.25, -0.2) is 4.99 Å². The number of alkyl halides is 3. The zero-order chi connectivity index (χ0) is 19.4. The monoisotopic (exact) mass is 376 g/mol. The number of amides is 1. The van der Waals surface area contributed by atoms with Crippen LogP contribution in [0.5, 0.6) is 0 Å². The van der Waals surface area contributed by atoms with Crippen molar-refractivity contribution >= 4 is 11.9 Å². The Morgan fingerprint density at radius 2 is 2.00 bits per heavy atom. The number of hydrogen-bond donors (Lipinski definition) is 3. The van der Waals surface area contributed by atoms with E-state index in [4.69, 9.17) is 5.73 Å². The van der Waals surface area contributed by atoms with Crippen molar-refractivity contribution in [3.8, 4) is 0 Å². The van der Waals surface area contributed by atoms with E-state index in [1.807, 2.05) is 12.1 Å². The van der Waals surface area contributed by atoms with Crippen LogP contribution in [0.15, 0.2) is 47.5 Å². The standard InChI is InChI=1S/C19H19F3N4O/c20-19(21,22)15-3-1-2-12(8-15)10-25-18(23)26-11-13-4-5-14-6-7-24-17(27)16(14)9-13/h1-5,8-9H,6-7,10-11H2,(H,24,27)(H3,23,25,26). The van der Waals surface area contributed by atoms with Crippen LogP contribution in [0.25, 0.3) is 0 Å². The highest BCUT2D eigenvalue weighted by Crippen LogP contribution is 2.29. The predicted octanol–water partition coefficient (Wildman–Crippen LogP) is 2.60. The third-order valence-electron chi connectivity index (χ3n) is 4.26. The van der Waals surface area contributed by atoms with Crippen molar-refractivity contribution in [2.24, 2.45) is 10.7 Å². The predicted molar refractivity (Wildman–Crippen MR) is 96.1 cm³/mol. The molecule has 0 saturated carbocycles. The number of guanidine groups is 1. The molecule has 0 unspecified atom stereocenters. The van der Waals surface area contributed by atoms with Crippen molar-refractivity contribution < 1.29 is 18.0 Å². The quantitative estimate of drug-likeness (QED) is 0.567. The number of rotatable bonds is 4. The molecule has 0 saturated heterocycles. The fourth-order valence-corrected chi connectivity index (χ4v) is 2.84. The topological polar surface area (TPSA) is 79.5 Å². The van der Waals surface area contributed by atoms with Crippen molar-refractivity contribution in [3.05, 3.63) is 70.3 Å². The minimum absolute atomic E-state index is 0.0371. The molecule has 4 N–H and O–H groups in total. The van der Waals surface area contributed by atoms with Crippen LogP contribution in [0.1, 0.15) is 32.6 Å². The first kappa shape index (κ1) is 18.8. The average Bonchev–Trinajstić information content (AvgIpc) is 2.65. The van der Waals surface area contributed by atoms with Gasteiger partial charge in [0.15, 0.2) is 5.96 Å². The van der Waals surface area contributed by atoms with Gasteiger partial charge in [0.25, 0.3) is 5.91 Å². The molecule has 0 bridgehead atoms. The van der Waals surface area contributed by atoms with Gasteiger partial charge in [-0.05, 0) is 41.3 Å². The molecule has 0 spiro atoms. The van der Waals surface area contributed by atoms with Gasteiger partial charge >= 0.3 is 6.18 Å². The average molecular weight is 376 g/mol. The molecule has 1 heterocycles. The minimum atomic E-state index is -4.39. The van der Waals surface area contributed by atoms with Gasteiger partial charge in [0, 0.05) is 18.7 Å². The first-order chi connectivity index (χ1) is 12.8. The summed E-state index contributed by atoms with van der Waals surface area (Å²) in [5, 5.41) is 5.71. The number of aliphatic imine (C=N–C) groups is 1. The summed E-state index contributed by atoms with van der Waals surface area (Å²) >= 11 is 0. The summed E-state index contributed by atoms with van der Waals surface area (Å²) in [6.07, 6.45) is -3.59. The molecule has 1 amide bonds. The fourth-order valence-electron chi connectivity index (χ4n) is 2.84. The van der Waals surface area contributed by atoms with Gasteiger partial charge in [-0.2, -0.15) is 13.2 Å². The Kier molecular flexibility index (Phi) is 5.34. The summed E-state index contributed by atoms with van der Waals surface area (Å²) in [5.74, 6) is 0.0267. The molecule has 2 aromatic carbocycles. The SMILES string of the molecule is NC(=NCc1cccc(C(F)(F)F)c1)NCc1ccc2c(c1)C(=O)NCC2. The normalized spacial score (nSPS) is 14.5. The lowest BCUT2D eigenvalue weighted by Crippen LogP contribution is -2.33. The molecule has 0 radical (unpaired) electrons. The van der Waals surface area contributed by atoms with E-state index < -0.39 is 11.7 Å². The molecule has 3 rings (SSSR count). The Labute approximate surface area is 154 Å². The van der Waals surface area contributed by atoms with Crippen LogP contribution >= 0.6 is 0 Å². The van der Waals surface area contributed by atoms with E-state index in [2.05, 4.69) is 15.6 Å². The van der Waals surface area contributed by atoms with E-state index >= 15 is 0 Å². The third-order valence-corrected chi connectivity index (χ3v) is 4.26. The molecule has 0 atom stereocenters. The second-order valence-corrected chi connectivity index (χ2v) is 6.25. The van der Waals surface area contributed by atoms with Gasteiger partial charge in [-0.15, -0.1) is 0 Å². The molecule has 1 aliphatic rings. The largest absolute Gasteiger partial charge is 0.416 e. The summed E-state index contributed by atoms with van der Waals surface area (Å²) in [6.45, 7) is 1.03. The third kappa shape index (κ3) is 4.78. The van der Waals surface area contributed by atoms with Crippen LogP contribution in [0, 0.1) is 0 Å². The number of nitrogens with zero attached hydrogens (tertiary/aromatic N) is 1. The van der Waals surface area contributed by atoms with Crippen molar-refractivity contribution in [2.75, 3.05) is 6.54 Å². The van der Waals surface area contributed by atoms with E-state index in [-0.39, 0.29) is 18.4 Å². The highest BCUT2D eigenvalue weighted by Gasteiger charge is 2.30. The first-order valence-electron chi connectivity index (χ1n) is 8.43. The smallest absolute Gasteiger partial charge is 0.370 e. The summed E-state index contributed by atoms with van der Waals surface area (Å²) in [5.41, 5.74) is 8.02. The van der Waals surface area contributed by atoms with Crippen molar-refractivity contribution in [1.29, 1.82) is 0 Å². The number of benzene rings is 2. The number of halogens is 3. The van der Waals surface area contributed by atoms with E-state index in [1.54, 1.807) is 12.1 Å². The number of carbonyl (C=O) groups excluding carboxylic acids is 1. The lowest BCUT2D eigenvalue weighted by molar-refractivity contribution is -0.137. The van der Waals surface area contributed by atoms with E-state index in [0.29, 0.717) is 24.2 Å². The van der Waals surface area contributed by atoms with Crippen LogP contribution in [0.4, 0.5) is 13.2 Å². The number of nitrogens with two attached hydrogens (primary N) is 1. The van der Waals surface area contributed by atoms with Gasteiger partial charge < -0.3 is 16.4 Å². The Morgan fingerprint density at radius 1 is 1.19 bits per heavy atom. The number of fused-ring (bicyclic) bond motifs is 1. The minimum Gasteiger partial charge on any atom is -0.370 e. The molecule has 2 aromatic rings. The van der Waals surface area contributed by atoms with Gasteiger partial charge in [0.2, 0.25) is 0 Å². The Balaban J connectivity index is 1.60. The fraction of sp³-hybridized carbons (Fsp3) is 0.263. The van der Waals surface area contributed by atoms with Crippen LogP contribution < -0.4 is 16.4 Å². The lowest BCUT2D eigenvalue weighted by atomic mass is 9.98. The van der Waals surface area contributed by atoms with Crippen LogP contribution in [-0.4, -0.2) is 18.4 Å². The zero-order valence-corrected chi connectivity index (χ0v) is 14.4. The highest BCUT2D eigenvalue weighted by atomic mass is 19.4. The van der Waals surface area contributed by atoms with Crippen LogP contribution in [0.2, 0.25) is 0 Å². The van der Waals surface area contributed by atoms with Gasteiger partial charge in [0.05, 0.1) is 12.1 Å². The summed E-state index contributed by atoms with van der Waals surface area (Å²) < 4.78 is 38.2. The summed E-state index contributed by atoms with van der Waals surface area (Å²) in [6, 6.07) is 10.6. The van der Waals surface area contributed by atoms with Crippen molar-refractivity contribution in [2.45, 2.75) is 25.7 Å². The van der Waals surface area contributed by atoms with Crippen LogP contribution in [-0.2, 0) is 25.7 Å². The molecule has 0 fully saturated rings. The maximum absolute atomic E-state index is 12.7. The second-order valence-electron chi connectivity index (χ2n) is 6.25. The van der Waals surface area contributed by atoms with Gasteiger partial charge in [-0.3, -0.25) is 4.79 Å². The lowest BCUT2D eigenvalue weighted by Gasteiger charge is -2.17. The number of carbonyl (C=O) groups is 1. The maximum atomic E-state index is 12.7. The number of hydrogen-bond acceptors (Lipinski definition) is 2. The summed E-state index contributed by atoms with van der Waals surface area (Å²) in [4.78, 5) is 15.9. The van der Waals surface area contributed by atoms with Crippen molar-refractivity contribution in [3.63, 3.8) is 0 Å². The maximum Gasteiger partial charge on any atom is 0.416 e. The van der Waals surface area contributed by atoms with Gasteiger partial charge in [-0.1, -0.05) is 24.3 Å². The highest BCUT2D eigenvalue weighted by molar-refractivity contribution is 5.96. The molecular formula is C19H19F3N4O. The van der Waals surface area contributed by atoms with Gasteiger partial charge in [0.1, 0.15) is 0 Å². The molecule has 8 heteroatoms. The Bertz CT molecular complexity index is 877. The van der Waals surface area contributed by atoms with E-state index in [9.17, 15) is 18.0 Å². The first-order valence-corrected chi connectivity index (χ1v) is 8.43. The molecule has 5 nitrogen and oxygen atoms in total. The van der Waals surface area contributed by atoms with E-state index in [0.717, 1.165) is 29.7 Å². The van der Waals surface area contributed by atoms with Crippen LogP contribution in [0.3, 0.4) is 0 Å². The Hall–Kier alpha value is -3.03. The van der Waals surface area contributed by atoms with Crippen molar-refractivity contribution in [1.82, 2.24) is 10.6 Å². The summed E-state index contributed by atoms with van der Waals surface area (Å²) in [7, 11) is 0. The molecule has 0 aliphatic carbocycles. The second kappa shape index (κ2) is 7.69. The Morgan fingerprint density at radius 3 is 2.78 bits per heavy atom. The number of nitrogens with one attached hydrogen (secondary N) is 2. The van der Waals surface area contributed by atoms with E-state index in [1.165, 1.54) is 6.07 Å². The molecule has 27 heavy (non-hydrogen) atoms. The molecule has 142 valence electrons. The molecule has 1 aliphatic heterocycles. The zero-order valence-electron chi connectivity index (χ0n) is 14.4.